The third-order valence-electron chi connectivity index (χ3n) is 5.82. The zero-order chi connectivity index (χ0) is 15.6. The van der Waals surface area contributed by atoms with Gasteiger partial charge in [0.15, 0.2) is 0 Å². The van der Waals surface area contributed by atoms with Crippen molar-refractivity contribution in [2.75, 3.05) is 19.8 Å². The van der Waals surface area contributed by atoms with Gasteiger partial charge in [0.25, 0.3) is 0 Å². The minimum Gasteiger partial charge on any atom is -0.395 e. The van der Waals surface area contributed by atoms with Crippen molar-refractivity contribution in [1.29, 1.82) is 0 Å². The number of hydrogen-bond donors (Lipinski definition) is 2. The van der Waals surface area contributed by atoms with Gasteiger partial charge in [-0.1, -0.05) is 19.3 Å². The van der Waals surface area contributed by atoms with Gasteiger partial charge < -0.3 is 20.1 Å². The van der Waals surface area contributed by atoms with Crippen molar-refractivity contribution in [3.63, 3.8) is 0 Å². The minimum atomic E-state index is 0.0152. The van der Waals surface area contributed by atoms with Crippen molar-refractivity contribution in [2.24, 2.45) is 5.41 Å². The monoisotopic (exact) mass is 310 g/mol. The fourth-order valence-corrected chi connectivity index (χ4v) is 4.44. The van der Waals surface area contributed by atoms with E-state index in [2.05, 4.69) is 12.2 Å². The summed E-state index contributed by atoms with van der Waals surface area (Å²) in [6.07, 6.45) is 9.55. The molecule has 2 atom stereocenters. The maximum absolute atomic E-state index is 12.6. The summed E-state index contributed by atoms with van der Waals surface area (Å²) in [4.78, 5) is 14.4. The smallest absolute Gasteiger partial charge is 0.317 e. The van der Waals surface area contributed by atoms with E-state index in [1.165, 1.54) is 32.1 Å². The molecule has 5 heteroatoms. The molecule has 3 aliphatic carbocycles. The fraction of sp³-hybridized carbons (Fsp3) is 0.941. The molecule has 0 saturated heterocycles. The zero-order valence-corrected chi connectivity index (χ0v) is 13.7. The van der Waals surface area contributed by atoms with Crippen molar-refractivity contribution in [1.82, 2.24) is 10.2 Å². The number of carbonyl (C=O) groups excluding carboxylic acids is 1. The van der Waals surface area contributed by atoms with Crippen molar-refractivity contribution >= 4 is 6.03 Å². The van der Waals surface area contributed by atoms with E-state index in [-0.39, 0.29) is 24.1 Å². The van der Waals surface area contributed by atoms with Crippen LogP contribution in [-0.2, 0) is 4.74 Å². The summed E-state index contributed by atoms with van der Waals surface area (Å²) in [6.45, 7) is 3.30. The van der Waals surface area contributed by atoms with Crippen LogP contribution in [0.5, 0.6) is 0 Å². The number of carbonyl (C=O) groups is 1. The van der Waals surface area contributed by atoms with Crippen LogP contribution >= 0.6 is 0 Å². The van der Waals surface area contributed by atoms with Gasteiger partial charge in [-0.25, -0.2) is 4.79 Å². The van der Waals surface area contributed by atoms with Crippen molar-refractivity contribution in [2.45, 2.75) is 76.5 Å². The van der Waals surface area contributed by atoms with E-state index < -0.39 is 0 Å². The molecule has 0 aromatic heterocycles. The first-order chi connectivity index (χ1) is 10.7. The van der Waals surface area contributed by atoms with Gasteiger partial charge in [-0.15, -0.1) is 0 Å². The van der Waals surface area contributed by atoms with Crippen LogP contribution in [0.3, 0.4) is 0 Å². The van der Waals surface area contributed by atoms with E-state index in [0.717, 1.165) is 25.9 Å². The van der Waals surface area contributed by atoms with Crippen LogP contribution in [-0.4, -0.2) is 54.0 Å². The topological polar surface area (TPSA) is 61.8 Å². The molecule has 2 unspecified atom stereocenters. The molecule has 2 amide bonds. The molecule has 0 aromatic carbocycles. The van der Waals surface area contributed by atoms with Gasteiger partial charge in [0.1, 0.15) is 0 Å². The largest absolute Gasteiger partial charge is 0.395 e. The molecule has 0 aliphatic heterocycles. The molecule has 0 bridgehead atoms. The van der Waals surface area contributed by atoms with Crippen LogP contribution in [0.1, 0.15) is 58.3 Å². The molecular formula is C17H30N2O3. The number of hydrogen-bond acceptors (Lipinski definition) is 3. The second-order valence-corrected chi connectivity index (χ2v) is 7.12. The van der Waals surface area contributed by atoms with Crippen molar-refractivity contribution < 1.29 is 14.6 Å². The Labute approximate surface area is 133 Å². The number of nitrogens with zero attached hydrogens (tertiary/aromatic N) is 1. The molecule has 126 valence electrons. The average Bonchev–Trinajstić information content (AvgIpc) is 3.37. The molecular weight excluding hydrogens is 280 g/mol. The van der Waals surface area contributed by atoms with E-state index >= 15 is 0 Å². The third kappa shape index (κ3) is 2.98. The first-order valence-corrected chi connectivity index (χ1v) is 9.01. The SMILES string of the molecule is CCOC1CC(NC(=O)N(CCO)C2CC2)C12CCCCC2. The molecule has 3 aliphatic rings. The highest BCUT2D eigenvalue weighted by Crippen LogP contribution is 2.53. The Kier molecular flexibility index (Phi) is 4.93. The van der Waals surface area contributed by atoms with E-state index in [9.17, 15) is 9.90 Å². The van der Waals surface area contributed by atoms with Gasteiger partial charge in [-0.2, -0.15) is 0 Å². The van der Waals surface area contributed by atoms with E-state index in [0.29, 0.717) is 18.7 Å². The van der Waals surface area contributed by atoms with Gasteiger partial charge in [-0.3, -0.25) is 0 Å². The standard InChI is InChI=1S/C17H30N2O3/c1-2-22-15-12-14(17(15)8-4-3-5-9-17)18-16(21)19(10-11-20)13-6-7-13/h13-15,20H,2-12H2,1H3,(H,18,21). The molecule has 0 radical (unpaired) electrons. The number of amides is 2. The van der Waals surface area contributed by atoms with E-state index in [1.54, 1.807) is 0 Å². The minimum absolute atomic E-state index is 0.0152. The van der Waals surface area contributed by atoms with Crippen LogP contribution in [0, 0.1) is 5.41 Å². The Hall–Kier alpha value is -0.810. The summed E-state index contributed by atoms with van der Waals surface area (Å²) < 4.78 is 5.95. The van der Waals surface area contributed by atoms with Crippen LogP contribution in [0.25, 0.3) is 0 Å². The first kappa shape index (κ1) is 16.1. The first-order valence-electron chi connectivity index (χ1n) is 9.01. The predicted molar refractivity (Wildman–Crippen MR) is 84.7 cm³/mol. The van der Waals surface area contributed by atoms with Gasteiger partial charge in [0.2, 0.25) is 0 Å². The highest BCUT2D eigenvalue weighted by molar-refractivity contribution is 5.75. The summed E-state index contributed by atoms with van der Waals surface area (Å²) >= 11 is 0. The highest BCUT2D eigenvalue weighted by Gasteiger charge is 2.56. The fourth-order valence-electron chi connectivity index (χ4n) is 4.44. The Morgan fingerprint density at radius 1 is 1.32 bits per heavy atom. The summed E-state index contributed by atoms with van der Waals surface area (Å²) in [5.74, 6) is 0. The summed E-state index contributed by atoms with van der Waals surface area (Å²) in [6, 6.07) is 0.607. The van der Waals surface area contributed by atoms with Gasteiger partial charge in [-0.05, 0) is 39.0 Å². The van der Waals surface area contributed by atoms with Crippen LogP contribution < -0.4 is 5.32 Å². The lowest BCUT2D eigenvalue weighted by Gasteiger charge is -2.57. The maximum atomic E-state index is 12.6. The van der Waals surface area contributed by atoms with Gasteiger partial charge >= 0.3 is 6.03 Å². The Morgan fingerprint density at radius 3 is 2.64 bits per heavy atom. The average molecular weight is 310 g/mol. The van der Waals surface area contributed by atoms with Gasteiger partial charge in [0.05, 0.1) is 12.7 Å². The number of aliphatic hydroxyl groups is 1. The molecule has 0 heterocycles. The lowest BCUT2D eigenvalue weighted by Crippen LogP contribution is -2.66. The van der Waals surface area contributed by atoms with E-state index in [1.807, 2.05) is 4.90 Å². The number of urea groups is 1. The molecule has 2 N–H and O–H groups in total. The Balaban J connectivity index is 1.62. The zero-order valence-electron chi connectivity index (χ0n) is 13.7. The Morgan fingerprint density at radius 2 is 2.05 bits per heavy atom. The van der Waals surface area contributed by atoms with E-state index in [4.69, 9.17) is 4.74 Å². The van der Waals surface area contributed by atoms with Gasteiger partial charge in [0, 0.05) is 30.7 Å². The molecule has 5 nitrogen and oxygen atoms in total. The molecule has 0 aromatic rings. The van der Waals surface area contributed by atoms with Crippen LogP contribution in [0.15, 0.2) is 0 Å². The number of rotatable bonds is 6. The van der Waals surface area contributed by atoms with Crippen LogP contribution in [0.4, 0.5) is 4.79 Å². The van der Waals surface area contributed by atoms with Crippen molar-refractivity contribution in [3.05, 3.63) is 0 Å². The summed E-state index contributed by atoms with van der Waals surface area (Å²) in [7, 11) is 0. The quantitative estimate of drug-likeness (QED) is 0.791. The molecule has 22 heavy (non-hydrogen) atoms. The lowest BCUT2D eigenvalue weighted by molar-refractivity contribution is -0.147. The second-order valence-electron chi connectivity index (χ2n) is 7.12. The summed E-state index contributed by atoms with van der Waals surface area (Å²) in [5, 5.41) is 12.4. The normalized spacial score (nSPS) is 29.9. The molecule has 3 rings (SSSR count). The van der Waals surface area contributed by atoms with Crippen LogP contribution in [0.2, 0.25) is 0 Å². The molecule has 3 fully saturated rings. The lowest BCUT2D eigenvalue weighted by atomic mass is 9.55. The number of nitrogens with one attached hydrogen (secondary N) is 1. The number of aliphatic hydroxyl groups excluding tert-OH is 1. The molecule has 3 saturated carbocycles. The number of ether oxygens (including phenoxy) is 1. The Bertz CT molecular complexity index is 391. The predicted octanol–water partition coefficient (Wildman–Crippen LogP) is 2.28. The molecule has 1 spiro atoms. The third-order valence-corrected chi connectivity index (χ3v) is 5.82. The summed E-state index contributed by atoms with van der Waals surface area (Å²) in [5.41, 5.74) is 0.165. The second kappa shape index (κ2) is 6.75. The highest BCUT2D eigenvalue weighted by atomic mass is 16.5. The maximum Gasteiger partial charge on any atom is 0.317 e. The van der Waals surface area contributed by atoms with Crippen molar-refractivity contribution in [3.8, 4) is 0 Å².